The number of rotatable bonds is 2. The van der Waals surface area contributed by atoms with Gasteiger partial charge in [0.1, 0.15) is 11.3 Å². The number of ether oxygens (including phenoxy) is 1. The Morgan fingerprint density at radius 1 is 1.40 bits per heavy atom. The average Bonchev–Trinajstić information content (AvgIpc) is 1.94. The summed E-state index contributed by atoms with van der Waals surface area (Å²) < 4.78 is 5.13. The maximum absolute atomic E-state index is 5.56. The minimum absolute atomic E-state index is 0.473. The van der Waals surface area contributed by atoms with Crippen molar-refractivity contribution in [2.24, 2.45) is 0 Å². The molecule has 0 aliphatic rings. The molecule has 2 nitrogen and oxygen atoms in total. The van der Waals surface area contributed by atoms with Crippen molar-refractivity contribution >= 4 is 21.6 Å². The quantitative estimate of drug-likeness (QED) is 0.587. The van der Waals surface area contributed by atoms with Crippen LogP contribution in [0.5, 0.6) is 5.75 Å². The number of hydrogen-bond donors (Lipinski definition) is 1. The van der Waals surface area contributed by atoms with Crippen LogP contribution in [0.2, 0.25) is 0 Å². The van der Waals surface area contributed by atoms with Gasteiger partial charge in [-0.15, -0.1) is 0 Å². The van der Waals surface area contributed by atoms with Gasteiger partial charge < -0.3 is 10.5 Å². The number of hydrogen-bond acceptors (Lipinski definition) is 2. The molecule has 0 heterocycles. The van der Waals surface area contributed by atoms with Crippen molar-refractivity contribution in [3.63, 3.8) is 0 Å². The van der Waals surface area contributed by atoms with Crippen molar-refractivity contribution in [1.29, 1.82) is 0 Å². The largest absolute Gasteiger partial charge is 0.480 e. The smallest absolute Gasteiger partial charge is 0.143 e. The fourth-order valence-electron chi connectivity index (χ4n) is 0.671. The summed E-state index contributed by atoms with van der Waals surface area (Å²) in [7, 11) is 0. The zero-order chi connectivity index (χ0) is 7.40. The number of nitrogen functional groups attached to an aromatic ring is 1. The van der Waals surface area contributed by atoms with Crippen molar-refractivity contribution in [2.45, 2.75) is 0 Å². The maximum Gasteiger partial charge on any atom is 0.143 e. The van der Waals surface area contributed by atoms with Gasteiger partial charge in [-0.2, -0.15) is 0 Å². The Morgan fingerprint density at radius 2 is 2.10 bits per heavy atom. The molecule has 0 atom stereocenters. The molecule has 2 N–H and O–H groups in total. The lowest BCUT2D eigenvalue weighted by atomic mass is 10.3. The van der Waals surface area contributed by atoms with Crippen molar-refractivity contribution in [2.75, 3.05) is 11.2 Å². The zero-order valence-corrected chi connectivity index (χ0v) is 6.97. The minimum Gasteiger partial charge on any atom is -0.480 e. The van der Waals surface area contributed by atoms with Gasteiger partial charge in [-0.3, -0.25) is 0 Å². The number of anilines is 1. The van der Waals surface area contributed by atoms with Crippen molar-refractivity contribution < 1.29 is 4.74 Å². The standard InChI is InChI=1S/C7H8BrNO/c8-5-10-7-4-2-1-3-6(7)9/h1-4H,5,9H2. The molecule has 0 amide bonds. The number of halogens is 1. The summed E-state index contributed by atoms with van der Waals surface area (Å²) in [4.78, 5) is 0. The van der Waals surface area contributed by atoms with E-state index in [0.717, 1.165) is 5.75 Å². The van der Waals surface area contributed by atoms with E-state index in [1.54, 1.807) is 6.07 Å². The zero-order valence-electron chi connectivity index (χ0n) is 5.38. The lowest BCUT2D eigenvalue weighted by Gasteiger charge is -2.03. The summed E-state index contributed by atoms with van der Waals surface area (Å²) in [6.07, 6.45) is 0. The molecule has 0 fully saturated rings. The van der Waals surface area contributed by atoms with Crippen LogP contribution in [-0.2, 0) is 0 Å². The van der Waals surface area contributed by atoms with Crippen LogP contribution in [0.1, 0.15) is 0 Å². The molecule has 1 rings (SSSR count). The summed E-state index contributed by atoms with van der Waals surface area (Å²) in [5, 5.41) is 0. The van der Waals surface area contributed by atoms with Gasteiger partial charge in [0.2, 0.25) is 0 Å². The molecule has 0 aliphatic carbocycles. The molecule has 0 aliphatic heterocycles. The SMILES string of the molecule is Nc1ccccc1OCBr. The Kier molecular flexibility index (Phi) is 2.57. The van der Waals surface area contributed by atoms with Crippen LogP contribution in [0.3, 0.4) is 0 Å². The molecule has 1 aromatic rings. The molecule has 10 heavy (non-hydrogen) atoms. The van der Waals surface area contributed by atoms with Crippen molar-refractivity contribution in [3.8, 4) is 5.75 Å². The highest BCUT2D eigenvalue weighted by molar-refractivity contribution is 9.09. The second kappa shape index (κ2) is 3.46. The Balaban J connectivity index is 2.81. The predicted molar refractivity (Wildman–Crippen MR) is 45.3 cm³/mol. The summed E-state index contributed by atoms with van der Waals surface area (Å²) >= 11 is 3.14. The number of benzene rings is 1. The molecule has 0 saturated carbocycles. The van der Waals surface area contributed by atoms with Crippen LogP contribution in [0.25, 0.3) is 0 Å². The number of para-hydroxylation sites is 2. The van der Waals surface area contributed by atoms with Gasteiger partial charge in [-0.05, 0) is 28.1 Å². The lowest BCUT2D eigenvalue weighted by Crippen LogP contribution is -1.93. The van der Waals surface area contributed by atoms with Gasteiger partial charge in [-0.25, -0.2) is 0 Å². The fraction of sp³-hybridized carbons (Fsp3) is 0.143. The molecule has 0 aromatic heterocycles. The van der Waals surface area contributed by atoms with Crippen molar-refractivity contribution in [1.82, 2.24) is 0 Å². The van der Waals surface area contributed by atoms with E-state index in [1.165, 1.54) is 0 Å². The molecule has 54 valence electrons. The van der Waals surface area contributed by atoms with E-state index in [0.29, 0.717) is 11.2 Å². The number of alkyl halides is 1. The molecule has 0 unspecified atom stereocenters. The first-order valence-electron chi connectivity index (χ1n) is 2.88. The second-order valence-electron chi connectivity index (χ2n) is 1.79. The van der Waals surface area contributed by atoms with Gasteiger partial charge in [0, 0.05) is 0 Å². The van der Waals surface area contributed by atoms with E-state index in [2.05, 4.69) is 15.9 Å². The second-order valence-corrected chi connectivity index (χ2v) is 2.25. The maximum atomic E-state index is 5.56. The first-order valence-corrected chi connectivity index (χ1v) is 4.00. The Bertz CT molecular complexity index is 215. The highest BCUT2D eigenvalue weighted by Crippen LogP contribution is 2.19. The van der Waals surface area contributed by atoms with Gasteiger partial charge in [-0.1, -0.05) is 12.1 Å². The predicted octanol–water partition coefficient (Wildman–Crippen LogP) is 2.00. The summed E-state index contributed by atoms with van der Waals surface area (Å²) in [5.74, 6) is 0.722. The van der Waals surface area contributed by atoms with Crippen LogP contribution in [0.15, 0.2) is 24.3 Å². The van der Waals surface area contributed by atoms with E-state index in [1.807, 2.05) is 18.2 Å². The third kappa shape index (κ3) is 1.64. The van der Waals surface area contributed by atoms with Gasteiger partial charge >= 0.3 is 0 Å². The topological polar surface area (TPSA) is 35.2 Å². The molecule has 0 spiro atoms. The molecular formula is C7H8BrNO. The van der Waals surface area contributed by atoms with E-state index >= 15 is 0 Å². The van der Waals surface area contributed by atoms with E-state index in [-0.39, 0.29) is 0 Å². The summed E-state index contributed by atoms with van der Waals surface area (Å²) in [6, 6.07) is 7.39. The molecule has 3 heteroatoms. The van der Waals surface area contributed by atoms with Gasteiger partial charge in [0.25, 0.3) is 0 Å². The lowest BCUT2D eigenvalue weighted by molar-refractivity contribution is 0.400. The van der Waals surface area contributed by atoms with Gasteiger partial charge in [0.15, 0.2) is 0 Å². The number of nitrogens with two attached hydrogens (primary N) is 1. The normalized spacial score (nSPS) is 9.30. The molecule has 0 saturated heterocycles. The first-order chi connectivity index (χ1) is 4.84. The molecular weight excluding hydrogens is 194 g/mol. The van der Waals surface area contributed by atoms with Crippen molar-refractivity contribution in [3.05, 3.63) is 24.3 Å². The van der Waals surface area contributed by atoms with Crippen LogP contribution >= 0.6 is 15.9 Å². The Labute approximate surface area is 68.1 Å². The van der Waals surface area contributed by atoms with E-state index in [4.69, 9.17) is 10.5 Å². The molecule has 1 aromatic carbocycles. The van der Waals surface area contributed by atoms with E-state index in [9.17, 15) is 0 Å². The highest BCUT2D eigenvalue weighted by Gasteiger charge is 1.94. The van der Waals surface area contributed by atoms with Gasteiger partial charge in [0.05, 0.1) is 5.69 Å². The highest BCUT2D eigenvalue weighted by atomic mass is 79.9. The Hall–Kier alpha value is -0.700. The monoisotopic (exact) mass is 201 g/mol. The Morgan fingerprint density at radius 3 is 2.70 bits per heavy atom. The third-order valence-corrected chi connectivity index (χ3v) is 1.36. The summed E-state index contributed by atoms with van der Waals surface area (Å²) in [5.41, 5.74) is 6.70. The molecule has 0 bridgehead atoms. The van der Waals surface area contributed by atoms with Crippen LogP contribution < -0.4 is 10.5 Å². The first kappa shape index (κ1) is 7.41. The summed E-state index contributed by atoms with van der Waals surface area (Å²) in [6.45, 7) is 0. The van der Waals surface area contributed by atoms with Crippen LogP contribution in [-0.4, -0.2) is 5.52 Å². The molecule has 0 radical (unpaired) electrons. The van der Waals surface area contributed by atoms with Crippen LogP contribution in [0.4, 0.5) is 5.69 Å². The van der Waals surface area contributed by atoms with E-state index < -0.39 is 0 Å². The van der Waals surface area contributed by atoms with Crippen LogP contribution in [0, 0.1) is 0 Å². The minimum atomic E-state index is 0.473. The fourth-order valence-corrected chi connectivity index (χ4v) is 0.917. The third-order valence-electron chi connectivity index (χ3n) is 1.13. The average molecular weight is 202 g/mol.